The van der Waals surface area contributed by atoms with Gasteiger partial charge in [-0.1, -0.05) is 49.4 Å². The van der Waals surface area contributed by atoms with Gasteiger partial charge < -0.3 is 35.7 Å². The summed E-state index contributed by atoms with van der Waals surface area (Å²) in [6.45, 7) is 5.39. The van der Waals surface area contributed by atoms with E-state index in [9.17, 15) is 19.4 Å². The maximum Gasteiger partial charge on any atom is 0.373 e. The number of amides is 4. The van der Waals surface area contributed by atoms with Crippen LogP contribution >= 0.6 is 0 Å². The fraction of sp³-hybridized carbons (Fsp3) is 0.469. The van der Waals surface area contributed by atoms with Gasteiger partial charge in [0.1, 0.15) is 6.04 Å². The summed E-state index contributed by atoms with van der Waals surface area (Å²) in [7, 11) is 2.93. The normalized spacial score (nSPS) is 18.6. The summed E-state index contributed by atoms with van der Waals surface area (Å²) in [5, 5.41) is 19.1. The molecule has 1 aliphatic heterocycles. The number of aromatic amines is 1. The number of nitrogens with zero attached hydrogens (tertiary/aromatic N) is 2. The molecule has 1 spiro atoms. The van der Waals surface area contributed by atoms with E-state index in [4.69, 9.17) is 0 Å². The number of rotatable bonds is 9. The van der Waals surface area contributed by atoms with Crippen molar-refractivity contribution in [3.05, 3.63) is 71.4 Å². The number of fused-ring (bicyclic) bond motifs is 3. The van der Waals surface area contributed by atoms with Gasteiger partial charge in [-0.3, -0.25) is 9.59 Å². The van der Waals surface area contributed by atoms with Crippen molar-refractivity contribution in [2.24, 2.45) is 0 Å². The van der Waals surface area contributed by atoms with Crippen LogP contribution in [0.3, 0.4) is 0 Å². The van der Waals surface area contributed by atoms with E-state index in [-0.39, 0.29) is 29.1 Å². The topological polar surface area (TPSA) is 130 Å². The van der Waals surface area contributed by atoms with Crippen LogP contribution in [0.2, 0.25) is 6.82 Å². The van der Waals surface area contributed by atoms with Gasteiger partial charge in [0.05, 0.1) is 5.92 Å². The second-order valence-electron chi connectivity index (χ2n) is 12.3. The van der Waals surface area contributed by atoms with Gasteiger partial charge in [0.2, 0.25) is 11.8 Å². The van der Waals surface area contributed by atoms with Crippen molar-refractivity contribution in [1.29, 1.82) is 0 Å². The zero-order chi connectivity index (χ0) is 30.7. The minimum atomic E-state index is -0.781. The molecule has 3 atom stereocenters. The fourth-order valence-corrected chi connectivity index (χ4v) is 6.95. The molecule has 2 heterocycles. The monoisotopic (exact) mass is 586 g/mol. The number of nitrogens with one attached hydrogen (secondary N) is 4. The lowest BCUT2D eigenvalue weighted by atomic mass is 9.73. The van der Waals surface area contributed by atoms with Crippen molar-refractivity contribution >= 4 is 35.8 Å². The molecule has 1 aliphatic carbocycles. The third kappa shape index (κ3) is 6.28. The van der Waals surface area contributed by atoms with E-state index < -0.39 is 19.1 Å². The number of likely N-dealkylation sites (N-methyl/N-ethyl adjacent to an activating group) is 1. The van der Waals surface area contributed by atoms with E-state index in [1.807, 2.05) is 54.4 Å². The fourth-order valence-electron chi connectivity index (χ4n) is 6.95. The molecular weight excluding hydrogens is 543 g/mol. The Balaban J connectivity index is 1.34. The van der Waals surface area contributed by atoms with Gasteiger partial charge in [0.15, 0.2) is 0 Å². The zero-order valence-electron chi connectivity index (χ0n) is 25.5. The quantitative estimate of drug-likeness (QED) is 0.195. The van der Waals surface area contributed by atoms with Crippen LogP contribution in [0.1, 0.15) is 54.7 Å². The molecule has 1 saturated heterocycles. The number of carbonyl (C=O) groups is 3. The summed E-state index contributed by atoms with van der Waals surface area (Å²) in [6.07, 6.45) is 4.20. The number of hydrogen-bond donors (Lipinski definition) is 5. The SMILES string of the molecule is CB(O)NCCNC(=O)NC(C(=O)N1CCC2(CC1)C[C@@H](C(=O)N(C)C)c1ccccc12)[C@H](C)c1c[nH]c2ccccc12. The van der Waals surface area contributed by atoms with E-state index in [1.165, 1.54) is 5.56 Å². The van der Waals surface area contributed by atoms with Gasteiger partial charge in [-0.25, -0.2) is 4.79 Å². The molecular formula is C32H43BN6O4. The van der Waals surface area contributed by atoms with Crippen LogP contribution in [0.15, 0.2) is 54.7 Å². The Labute approximate surface area is 253 Å². The lowest BCUT2D eigenvalue weighted by Crippen LogP contribution is -2.56. The van der Waals surface area contributed by atoms with E-state index in [1.54, 1.807) is 25.8 Å². The summed E-state index contributed by atoms with van der Waals surface area (Å²) in [6, 6.07) is 15.0. The molecule has 0 bridgehead atoms. The Kier molecular flexibility index (Phi) is 9.12. The van der Waals surface area contributed by atoms with Crippen molar-refractivity contribution in [2.45, 2.75) is 56.3 Å². The summed E-state index contributed by atoms with van der Waals surface area (Å²) >= 11 is 0. The third-order valence-electron chi connectivity index (χ3n) is 9.29. The number of urea groups is 1. The summed E-state index contributed by atoms with van der Waals surface area (Å²) < 4.78 is 0. The number of para-hydroxylation sites is 1. The first-order valence-electron chi connectivity index (χ1n) is 15.2. The van der Waals surface area contributed by atoms with Crippen LogP contribution in [0, 0.1) is 0 Å². The van der Waals surface area contributed by atoms with Crippen molar-refractivity contribution in [3.8, 4) is 0 Å². The molecule has 1 unspecified atom stereocenters. The third-order valence-corrected chi connectivity index (χ3v) is 9.29. The molecule has 4 amide bonds. The van der Waals surface area contributed by atoms with Crippen LogP contribution in [-0.2, 0) is 15.0 Å². The van der Waals surface area contributed by atoms with E-state index >= 15 is 0 Å². The molecule has 1 fully saturated rings. The Morgan fingerprint density at radius 1 is 1.09 bits per heavy atom. The lowest BCUT2D eigenvalue weighted by Gasteiger charge is -2.42. The first kappa shape index (κ1) is 30.6. The second kappa shape index (κ2) is 12.8. The molecule has 0 saturated carbocycles. The van der Waals surface area contributed by atoms with Gasteiger partial charge in [-0.15, -0.1) is 0 Å². The first-order chi connectivity index (χ1) is 20.6. The smallest absolute Gasteiger partial charge is 0.373 e. The molecule has 5 rings (SSSR count). The van der Waals surface area contributed by atoms with Crippen LogP contribution in [-0.4, -0.2) is 91.0 Å². The second-order valence-corrected chi connectivity index (χ2v) is 12.3. The number of benzene rings is 2. The molecule has 2 aromatic carbocycles. The minimum absolute atomic E-state index is 0.114. The number of hydrogen-bond acceptors (Lipinski definition) is 5. The molecule has 3 aromatic rings. The molecule has 11 heteroatoms. The number of H-pyrrole nitrogens is 1. The van der Waals surface area contributed by atoms with Gasteiger partial charge in [-0.05, 0) is 48.8 Å². The molecule has 228 valence electrons. The Hall–Kier alpha value is -3.83. The number of likely N-dealkylation sites (tertiary alicyclic amines) is 1. The highest BCUT2D eigenvalue weighted by molar-refractivity contribution is 6.45. The van der Waals surface area contributed by atoms with Crippen LogP contribution in [0.4, 0.5) is 4.79 Å². The first-order valence-corrected chi connectivity index (χ1v) is 15.2. The average molecular weight is 587 g/mol. The summed E-state index contributed by atoms with van der Waals surface area (Å²) in [5.41, 5.74) is 4.13. The Morgan fingerprint density at radius 3 is 2.51 bits per heavy atom. The van der Waals surface area contributed by atoms with E-state index in [0.29, 0.717) is 26.2 Å². The van der Waals surface area contributed by atoms with Crippen LogP contribution in [0.25, 0.3) is 10.9 Å². The van der Waals surface area contributed by atoms with Crippen molar-refractivity contribution in [3.63, 3.8) is 0 Å². The van der Waals surface area contributed by atoms with E-state index in [2.05, 4.69) is 33.0 Å². The van der Waals surface area contributed by atoms with Crippen molar-refractivity contribution < 1.29 is 19.4 Å². The van der Waals surface area contributed by atoms with Gasteiger partial charge in [-0.2, -0.15) is 0 Å². The summed E-state index contributed by atoms with van der Waals surface area (Å²) in [4.78, 5) is 47.1. The van der Waals surface area contributed by atoms with Crippen LogP contribution in [0.5, 0.6) is 0 Å². The maximum atomic E-state index is 14.2. The minimum Gasteiger partial charge on any atom is -0.437 e. The predicted octanol–water partition coefficient (Wildman–Crippen LogP) is 2.78. The highest BCUT2D eigenvalue weighted by atomic mass is 16.2. The van der Waals surface area contributed by atoms with Gasteiger partial charge in [0, 0.05) is 68.7 Å². The molecule has 43 heavy (non-hydrogen) atoms. The largest absolute Gasteiger partial charge is 0.437 e. The molecule has 10 nitrogen and oxygen atoms in total. The predicted molar refractivity (Wildman–Crippen MR) is 169 cm³/mol. The van der Waals surface area contributed by atoms with Crippen molar-refractivity contribution in [2.75, 3.05) is 40.3 Å². The highest BCUT2D eigenvalue weighted by Crippen LogP contribution is 2.52. The van der Waals surface area contributed by atoms with Gasteiger partial charge >= 0.3 is 13.1 Å². The molecule has 1 aromatic heterocycles. The van der Waals surface area contributed by atoms with E-state index in [0.717, 1.165) is 41.3 Å². The standard InChI is InChI=1S/C32H43BN6O4/c1-21(25-20-35-27-12-8-6-10-23(25)27)28(37-31(42)34-15-16-36-33(2)43)30(41)39-17-13-32(14-18-39)19-24(29(40)38(3)4)22-9-5-7-11-26(22)32/h5-12,20-21,24,28,35-36,43H,13-19H2,1-4H3,(H2,34,37,42)/t21-,24-,28?/m1/s1. The lowest BCUT2D eigenvalue weighted by molar-refractivity contribution is -0.136. The van der Waals surface area contributed by atoms with Crippen molar-refractivity contribution in [1.82, 2.24) is 30.6 Å². The van der Waals surface area contributed by atoms with Crippen LogP contribution < -0.4 is 15.9 Å². The van der Waals surface area contributed by atoms with Gasteiger partial charge in [0.25, 0.3) is 0 Å². The molecule has 5 N–H and O–H groups in total. The average Bonchev–Trinajstić information content (AvgIpc) is 3.57. The molecule has 0 radical (unpaired) electrons. The summed E-state index contributed by atoms with van der Waals surface area (Å²) in [5.74, 6) is -0.460. The number of piperidine rings is 1. The number of carbonyl (C=O) groups excluding carboxylic acids is 3. The Morgan fingerprint density at radius 2 is 1.79 bits per heavy atom. The highest BCUT2D eigenvalue weighted by Gasteiger charge is 2.48. The molecule has 2 aliphatic rings. The zero-order valence-corrected chi connectivity index (χ0v) is 25.5. The Bertz CT molecular complexity index is 1460. The maximum absolute atomic E-state index is 14.2. The number of aromatic nitrogens is 1.